The van der Waals surface area contributed by atoms with Gasteiger partial charge in [0.1, 0.15) is 5.82 Å². The predicted octanol–water partition coefficient (Wildman–Crippen LogP) is 1.33. The van der Waals surface area contributed by atoms with Crippen molar-refractivity contribution in [1.82, 2.24) is 4.98 Å². The fourth-order valence-electron chi connectivity index (χ4n) is 1.14. The average Bonchev–Trinajstić information content (AvgIpc) is 1.99. The molecule has 4 N–H and O–H groups in total. The maximum Gasteiger partial charge on any atom is 0.574 e. The number of alkyl halides is 3. The van der Waals surface area contributed by atoms with E-state index in [2.05, 4.69) is 9.72 Å². The van der Waals surface area contributed by atoms with Crippen molar-refractivity contribution in [1.29, 1.82) is 0 Å². The molecular weight excluding hydrogens is 211 g/mol. The highest BCUT2D eigenvalue weighted by atomic mass is 19.4. The molecule has 0 unspecified atom stereocenters. The van der Waals surface area contributed by atoms with Crippen LogP contribution < -0.4 is 16.2 Å². The molecule has 0 aromatic carbocycles. The third-order valence-electron chi connectivity index (χ3n) is 1.75. The van der Waals surface area contributed by atoms with Gasteiger partial charge in [0.05, 0.1) is 0 Å². The van der Waals surface area contributed by atoms with Crippen LogP contribution in [-0.4, -0.2) is 11.3 Å². The van der Waals surface area contributed by atoms with Gasteiger partial charge in [-0.2, -0.15) is 4.98 Å². The van der Waals surface area contributed by atoms with E-state index in [4.69, 9.17) is 11.5 Å². The Morgan fingerprint density at radius 3 is 2.53 bits per heavy atom. The lowest BCUT2D eigenvalue weighted by molar-refractivity contribution is -0.276. The maximum absolute atomic E-state index is 12.0. The van der Waals surface area contributed by atoms with E-state index in [1.807, 2.05) is 0 Å². The Bertz CT molecular complexity index is 365. The van der Waals surface area contributed by atoms with Crippen LogP contribution in [0.1, 0.15) is 11.1 Å². The topological polar surface area (TPSA) is 74.2 Å². The van der Waals surface area contributed by atoms with Crippen LogP contribution in [0.2, 0.25) is 0 Å². The van der Waals surface area contributed by atoms with Crippen molar-refractivity contribution in [3.8, 4) is 5.88 Å². The molecule has 84 valence electrons. The van der Waals surface area contributed by atoms with E-state index >= 15 is 0 Å². The molecule has 0 fully saturated rings. The molecule has 0 aliphatic carbocycles. The van der Waals surface area contributed by atoms with Crippen molar-refractivity contribution in [2.24, 2.45) is 5.73 Å². The molecule has 7 heteroatoms. The molecule has 0 saturated carbocycles. The van der Waals surface area contributed by atoms with Crippen molar-refractivity contribution in [3.05, 3.63) is 17.2 Å². The predicted molar refractivity (Wildman–Crippen MR) is 48.0 cm³/mol. The standard InChI is InChI=1S/C8H10F3N3O/c1-4-2-6(13)14-7(5(4)3-12)15-8(9,10)11/h2H,3,12H2,1H3,(H2,13,14). The molecule has 0 saturated heterocycles. The van der Waals surface area contributed by atoms with E-state index in [-0.39, 0.29) is 17.9 Å². The van der Waals surface area contributed by atoms with Crippen LogP contribution in [0, 0.1) is 6.92 Å². The molecule has 0 radical (unpaired) electrons. The van der Waals surface area contributed by atoms with Gasteiger partial charge >= 0.3 is 6.36 Å². The number of pyridine rings is 1. The molecule has 4 nitrogen and oxygen atoms in total. The zero-order valence-electron chi connectivity index (χ0n) is 7.93. The quantitative estimate of drug-likeness (QED) is 0.790. The molecule has 15 heavy (non-hydrogen) atoms. The zero-order chi connectivity index (χ0) is 11.6. The number of hydrogen-bond acceptors (Lipinski definition) is 4. The van der Waals surface area contributed by atoms with E-state index in [1.54, 1.807) is 6.92 Å². The minimum absolute atomic E-state index is 0.0380. The van der Waals surface area contributed by atoms with Crippen LogP contribution in [0.5, 0.6) is 5.88 Å². The number of nitrogen functional groups attached to an aromatic ring is 1. The van der Waals surface area contributed by atoms with Crippen LogP contribution >= 0.6 is 0 Å². The average molecular weight is 221 g/mol. The SMILES string of the molecule is Cc1cc(N)nc(OC(F)(F)F)c1CN. The summed E-state index contributed by atoms with van der Waals surface area (Å²) < 4.78 is 39.6. The van der Waals surface area contributed by atoms with Gasteiger partial charge in [0.2, 0.25) is 5.88 Å². The van der Waals surface area contributed by atoms with E-state index in [0.29, 0.717) is 5.56 Å². The molecule has 0 bridgehead atoms. The Labute approximate surface area is 84.0 Å². The first-order valence-corrected chi connectivity index (χ1v) is 4.05. The van der Waals surface area contributed by atoms with Crippen molar-refractivity contribution >= 4 is 5.82 Å². The van der Waals surface area contributed by atoms with Crippen LogP contribution in [0.25, 0.3) is 0 Å². The third kappa shape index (κ3) is 2.98. The van der Waals surface area contributed by atoms with Gasteiger partial charge in [-0.25, -0.2) is 0 Å². The van der Waals surface area contributed by atoms with Crippen LogP contribution in [0.4, 0.5) is 19.0 Å². The molecule has 0 aliphatic heterocycles. The first kappa shape index (κ1) is 11.6. The number of nitrogens with two attached hydrogens (primary N) is 2. The Kier molecular flexibility index (Phi) is 3.04. The molecule has 0 spiro atoms. The lowest BCUT2D eigenvalue weighted by Crippen LogP contribution is -2.20. The summed E-state index contributed by atoms with van der Waals surface area (Å²) in [6, 6.07) is 1.44. The smallest absolute Gasteiger partial charge is 0.387 e. The van der Waals surface area contributed by atoms with Gasteiger partial charge in [0.15, 0.2) is 0 Å². The number of anilines is 1. The highest BCUT2D eigenvalue weighted by Gasteiger charge is 2.33. The second-order valence-electron chi connectivity index (χ2n) is 2.90. The van der Waals surface area contributed by atoms with Gasteiger partial charge in [0.25, 0.3) is 0 Å². The van der Waals surface area contributed by atoms with Gasteiger partial charge in [0, 0.05) is 12.1 Å². The van der Waals surface area contributed by atoms with Crippen molar-refractivity contribution in [3.63, 3.8) is 0 Å². The molecule has 1 heterocycles. The monoisotopic (exact) mass is 221 g/mol. The number of rotatable bonds is 2. The van der Waals surface area contributed by atoms with Gasteiger partial charge in [-0.05, 0) is 18.6 Å². The number of halogens is 3. The van der Waals surface area contributed by atoms with E-state index in [9.17, 15) is 13.2 Å². The Morgan fingerprint density at radius 2 is 2.07 bits per heavy atom. The van der Waals surface area contributed by atoms with Gasteiger partial charge in [-0.15, -0.1) is 13.2 Å². The summed E-state index contributed by atoms with van der Waals surface area (Å²) in [5.74, 6) is -0.619. The lowest BCUT2D eigenvalue weighted by Gasteiger charge is -2.13. The van der Waals surface area contributed by atoms with Crippen molar-refractivity contribution in [2.45, 2.75) is 19.8 Å². The number of hydrogen-bond donors (Lipinski definition) is 2. The molecule has 0 amide bonds. The summed E-state index contributed by atoms with van der Waals surface area (Å²) in [6.45, 7) is 1.49. The van der Waals surface area contributed by atoms with E-state index in [1.165, 1.54) is 6.07 Å². The zero-order valence-corrected chi connectivity index (χ0v) is 7.93. The van der Waals surface area contributed by atoms with Crippen LogP contribution in [0.3, 0.4) is 0 Å². The first-order valence-electron chi connectivity index (χ1n) is 4.05. The Hall–Kier alpha value is -1.50. The molecular formula is C8H10F3N3O. The molecule has 1 aromatic heterocycles. The fourth-order valence-corrected chi connectivity index (χ4v) is 1.14. The fraction of sp³-hybridized carbons (Fsp3) is 0.375. The minimum atomic E-state index is -4.79. The number of aryl methyl sites for hydroxylation is 1. The summed E-state index contributed by atoms with van der Waals surface area (Å²) in [5, 5.41) is 0. The second-order valence-corrected chi connectivity index (χ2v) is 2.90. The first-order chi connectivity index (χ1) is 6.83. The second kappa shape index (κ2) is 3.93. The molecule has 1 aromatic rings. The maximum atomic E-state index is 12.0. The van der Waals surface area contributed by atoms with Gasteiger partial charge in [-0.1, -0.05) is 0 Å². The Morgan fingerprint density at radius 1 is 1.47 bits per heavy atom. The van der Waals surface area contributed by atoms with E-state index in [0.717, 1.165) is 0 Å². The number of aromatic nitrogens is 1. The highest BCUT2D eigenvalue weighted by Crippen LogP contribution is 2.27. The van der Waals surface area contributed by atoms with E-state index < -0.39 is 12.2 Å². The van der Waals surface area contributed by atoms with Crippen LogP contribution in [-0.2, 0) is 6.54 Å². The summed E-state index contributed by atoms with van der Waals surface area (Å²) in [6.07, 6.45) is -4.79. The summed E-state index contributed by atoms with van der Waals surface area (Å²) in [4.78, 5) is 3.45. The third-order valence-corrected chi connectivity index (χ3v) is 1.75. The summed E-state index contributed by atoms with van der Waals surface area (Å²) in [5.41, 5.74) is 11.3. The molecule has 0 atom stereocenters. The largest absolute Gasteiger partial charge is 0.574 e. The number of nitrogens with zero attached hydrogens (tertiary/aromatic N) is 1. The van der Waals surface area contributed by atoms with Crippen molar-refractivity contribution < 1.29 is 17.9 Å². The normalized spacial score (nSPS) is 11.5. The van der Waals surface area contributed by atoms with Crippen molar-refractivity contribution in [2.75, 3.05) is 5.73 Å². The number of ether oxygens (including phenoxy) is 1. The summed E-state index contributed by atoms with van der Waals surface area (Å²) in [7, 11) is 0. The lowest BCUT2D eigenvalue weighted by atomic mass is 10.1. The highest BCUT2D eigenvalue weighted by molar-refractivity contribution is 5.43. The Balaban J connectivity index is 3.15. The van der Waals surface area contributed by atoms with Crippen LogP contribution in [0.15, 0.2) is 6.07 Å². The molecule has 0 aliphatic rings. The van der Waals surface area contributed by atoms with Gasteiger partial charge < -0.3 is 16.2 Å². The minimum Gasteiger partial charge on any atom is -0.387 e. The molecule has 1 rings (SSSR count). The summed E-state index contributed by atoms with van der Waals surface area (Å²) >= 11 is 0. The van der Waals surface area contributed by atoms with Gasteiger partial charge in [-0.3, -0.25) is 0 Å².